The van der Waals surface area contributed by atoms with Crippen molar-refractivity contribution in [1.82, 2.24) is 10.3 Å². The maximum Gasteiger partial charge on any atom is 0.323 e. The second-order valence-electron chi connectivity index (χ2n) is 6.85. The van der Waals surface area contributed by atoms with Crippen LogP contribution in [0.2, 0.25) is 0 Å². The number of carbonyl (C=O) groups is 1. The van der Waals surface area contributed by atoms with E-state index >= 15 is 0 Å². The molecule has 0 amide bonds. The Balaban J connectivity index is 1.64. The lowest BCUT2D eigenvalue weighted by atomic mass is 9.90. The van der Waals surface area contributed by atoms with E-state index in [0.717, 1.165) is 39.2 Å². The third-order valence-corrected chi connectivity index (χ3v) is 5.30. The van der Waals surface area contributed by atoms with E-state index in [1.807, 2.05) is 30.3 Å². The monoisotopic (exact) mass is 364 g/mol. The first-order chi connectivity index (χ1) is 13.2. The maximum absolute atomic E-state index is 12.3. The Hall–Kier alpha value is -2.99. The molecule has 0 saturated carbocycles. The molecule has 6 nitrogen and oxygen atoms in total. The molecule has 0 bridgehead atoms. The predicted molar refractivity (Wildman–Crippen MR) is 100 cm³/mol. The molecule has 0 radical (unpaired) electrons. The molecule has 27 heavy (non-hydrogen) atoms. The minimum Gasteiger partial charge on any atom is -0.486 e. The molecule has 0 unspecified atom stereocenters. The molecule has 6 heteroatoms. The van der Waals surface area contributed by atoms with Crippen molar-refractivity contribution in [3.8, 4) is 11.5 Å². The van der Waals surface area contributed by atoms with Gasteiger partial charge in [-0.2, -0.15) is 0 Å². The molecule has 2 N–H and O–H groups in total. The fourth-order valence-electron chi connectivity index (χ4n) is 4.03. The van der Waals surface area contributed by atoms with Gasteiger partial charge in [0.15, 0.2) is 11.5 Å². The number of benzene rings is 2. The Kier molecular flexibility index (Phi) is 3.79. The largest absolute Gasteiger partial charge is 0.486 e. The minimum absolute atomic E-state index is 0.166. The zero-order chi connectivity index (χ0) is 18.4. The van der Waals surface area contributed by atoms with Gasteiger partial charge < -0.3 is 19.2 Å². The summed E-state index contributed by atoms with van der Waals surface area (Å²) >= 11 is 0. The van der Waals surface area contributed by atoms with Gasteiger partial charge in [0.2, 0.25) is 0 Å². The third-order valence-electron chi connectivity index (χ3n) is 5.30. The summed E-state index contributed by atoms with van der Waals surface area (Å²) in [6, 6.07) is 13.5. The highest BCUT2D eigenvalue weighted by molar-refractivity contribution is 5.87. The Morgan fingerprint density at radius 1 is 1.11 bits per heavy atom. The van der Waals surface area contributed by atoms with Crippen molar-refractivity contribution in [2.24, 2.45) is 0 Å². The number of rotatable bonds is 2. The number of esters is 1. The van der Waals surface area contributed by atoms with Crippen molar-refractivity contribution < 1.29 is 19.0 Å². The number of carbonyl (C=O) groups excluding carboxylic acids is 1. The number of methoxy groups -OCH3 is 1. The molecule has 3 heterocycles. The van der Waals surface area contributed by atoms with E-state index in [0.29, 0.717) is 19.6 Å². The van der Waals surface area contributed by atoms with Gasteiger partial charge >= 0.3 is 5.97 Å². The van der Waals surface area contributed by atoms with E-state index < -0.39 is 6.04 Å². The number of para-hydroxylation sites is 1. The molecule has 0 fully saturated rings. The fraction of sp³-hybridized carbons (Fsp3) is 0.286. The topological polar surface area (TPSA) is 72.6 Å². The number of fused-ring (bicyclic) bond motifs is 4. The van der Waals surface area contributed by atoms with Crippen molar-refractivity contribution in [2.45, 2.75) is 18.5 Å². The number of H-pyrrole nitrogens is 1. The van der Waals surface area contributed by atoms with Crippen molar-refractivity contribution in [2.75, 3.05) is 20.3 Å². The van der Waals surface area contributed by atoms with Gasteiger partial charge in [-0.1, -0.05) is 24.3 Å². The van der Waals surface area contributed by atoms with Crippen LogP contribution in [0, 0.1) is 0 Å². The summed E-state index contributed by atoms with van der Waals surface area (Å²) in [7, 11) is 1.42. The van der Waals surface area contributed by atoms with Gasteiger partial charge in [-0.3, -0.25) is 10.1 Å². The van der Waals surface area contributed by atoms with Gasteiger partial charge in [-0.15, -0.1) is 0 Å². The lowest BCUT2D eigenvalue weighted by Gasteiger charge is -2.31. The van der Waals surface area contributed by atoms with E-state index in [-0.39, 0.29) is 12.0 Å². The smallest absolute Gasteiger partial charge is 0.323 e. The molecule has 2 atom stereocenters. The summed E-state index contributed by atoms with van der Waals surface area (Å²) in [5.41, 5.74) is 4.31. The highest BCUT2D eigenvalue weighted by Crippen LogP contribution is 2.39. The summed E-state index contributed by atoms with van der Waals surface area (Å²) in [5, 5.41) is 4.59. The van der Waals surface area contributed by atoms with Crippen molar-refractivity contribution in [3.63, 3.8) is 0 Å². The molecule has 0 spiro atoms. The highest BCUT2D eigenvalue weighted by atomic mass is 16.6. The van der Waals surface area contributed by atoms with Crippen molar-refractivity contribution >= 4 is 16.9 Å². The number of aromatic amines is 1. The molecule has 0 aliphatic carbocycles. The molecule has 2 aromatic carbocycles. The van der Waals surface area contributed by atoms with Crippen LogP contribution in [0.5, 0.6) is 11.5 Å². The molecule has 2 aliphatic heterocycles. The lowest BCUT2D eigenvalue weighted by Crippen LogP contribution is -2.45. The predicted octanol–water partition coefficient (Wildman–Crippen LogP) is 2.72. The summed E-state index contributed by atoms with van der Waals surface area (Å²) in [6.45, 7) is 1.10. The van der Waals surface area contributed by atoms with Crippen LogP contribution in [0.15, 0.2) is 42.5 Å². The fourth-order valence-corrected chi connectivity index (χ4v) is 4.03. The Bertz CT molecular complexity index is 1030. The maximum atomic E-state index is 12.3. The summed E-state index contributed by atoms with van der Waals surface area (Å²) < 4.78 is 16.4. The summed E-state index contributed by atoms with van der Waals surface area (Å²) in [6.07, 6.45) is 0.590. The van der Waals surface area contributed by atoms with Gasteiger partial charge in [0.1, 0.15) is 19.3 Å². The van der Waals surface area contributed by atoms with Crippen LogP contribution < -0.4 is 14.8 Å². The van der Waals surface area contributed by atoms with Gasteiger partial charge in [0, 0.05) is 23.0 Å². The van der Waals surface area contributed by atoms with Gasteiger partial charge in [0.25, 0.3) is 0 Å². The standard InChI is InChI=1S/C21H20N2O4/c1-25-21(24)16-11-14-13-4-2-3-5-15(13)22-20(14)19(23-16)12-6-7-17-18(10-12)27-9-8-26-17/h2-7,10,16,19,22-23H,8-9,11H2,1H3/t16-,19+/m0/s1. The minimum atomic E-state index is -0.403. The number of ether oxygens (including phenoxy) is 3. The molecule has 3 aromatic rings. The Morgan fingerprint density at radius 2 is 1.93 bits per heavy atom. The Labute approximate surface area is 156 Å². The van der Waals surface area contributed by atoms with Crippen LogP contribution in [0.4, 0.5) is 0 Å². The first kappa shape index (κ1) is 16.2. The molecule has 0 saturated heterocycles. The van der Waals surface area contributed by atoms with E-state index in [1.165, 1.54) is 7.11 Å². The normalized spacial score (nSPS) is 20.9. The average molecular weight is 364 g/mol. The van der Waals surface area contributed by atoms with Crippen LogP contribution >= 0.6 is 0 Å². The highest BCUT2D eigenvalue weighted by Gasteiger charge is 2.34. The Morgan fingerprint density at radius 3 is 2.78 bits per heavy atom. The molecule has 138 valence electrons. The van der Waals surface area contributed by atoms with Crippen molar-refractivity contribution in [1.29, 1.82) is 0 Å². The molecular formula is C21H20N2O4. The van der Waals surface area contributed by atoms with E-state index in [9.17, 15) is 4.79 Å². The van der Waals surface area contributed by atoms with E-state index in [2.05, 4.69) is 22.4 Å². The molecular weight excluding hydrogens is 344 g/mol. The van der Waals surface area contributed by atoms with E-state index in [1.54, 1.807) is 0 Å². The quantitative estimate of drug-likeness (QED) is 0.684. The van der Waals surface area contributed by atoms with Gasteiger partial charge in [-0.25, -0.2) is 0 Å². The second-order valence-corrected chi connectivity index (χ2v) is 6.85. The molecule has 5 rings (SSSR count). The lowest BCUT2D eigenvalue weighted by molar-refractivity contribution is -0.143. The molecule has 2 aliphatic rings. The second kappa shape index (κ2) is 6.32. The third kappa shape index (κ3) is 2.64. The SMILES string of the molecule is COC(=O)[C@@H]1Cc2c([nH]c3ccccc23)[C@@H](c2ccc3c(c2)OCCO3)N1. The zero-order valence-electron chi connectivity index (χ0n) is 15.0. The van der Waals surface area contributed by atoms with Crippen LogP contribution in [0.3, 0.4) is 0 Å². The number of aromatic nitrogens is 1. The first-order valence-electron chi connectivity index (χ1n) is 9.07. The van der Waals surface area contributed by atoms with Crippen molar-refractivity contribution in [3.05, 3.63) is 59.3 Å². The number of hydrogen-bond acceptors (Lipinski definition) is 5. The summed E-state index contributed by atoms with van der Waals surface area (Å²) in [5.74, 6) is 1.23. The van der Waals surface area contributed by atoms with E-state index in [4.69, 9.17) is 14.2 Å². The first-order valence-corrected chi connectivity index (χ1v) is 9.07. The van der Waals surface area contributed by atoms with Crippen LogP contribution in [-0.2, 0) is 16.0 Å². The van der Waals surface area contributed by atoms with Crippen LogP contribution in [0.25, 0.3) is 10.9 Å². The summed E-state index contributed by atoms with van der Waals surface area (Å²) in [4.78, 5) is 15.8. The van der Waals surface area contributed by atoms with Gasteiger partial charge in [0.05, 0.1) is 13.2 Å². The van der Waals surface area contributed by atoms with Crippen LogP contribution in [0.1, 0.15) is 22.9 Å². The molecule has 1 aromatic heterocycles. The zero-order valence-corrected chi connectivity index (χ0v) is 15.0. The van der Waals surface area contributed by atoms with Gasteiger partial charge in [-0.05, 0) is 29.3 Å². The average Bonchev–Trinajstić information content (AvgIpc) is 3.11. The van der Waals surface area contributed by atoms with Crippen LogP contribution in [-0.4, -0.2) is 37.3 Å². The number of hydrogen-bond donors (Lipinski definition) is 2. The number of nitrogens with one attached hydrogen (secondary N) is 2.